The number of carbonyl (C=O) groups excluding carboxylic acids is 1. The molecule has 0 spiro atoms. The van der Waals surface area contributed by atoms with E-state index in [2.05, 4.69) is 5.32 Å². The smallest absolute Gasteiger partial charge is 0.287 e. The Balaban J connectivity index is 2.38. The standard InChI is InChI=1S/C17H23NO3/c1-5-13(8-9-19)18-17(20)16-12(4)14-10(2)6-7-11(3)15(14)21-16/h6-7,13,19H,5,8-9H2,1-4H3,(H,18,20). The van der Waals surface area contributed by atoms with Gasteiger partial charge >= 0.3 is 0 Å². The maximum Gasteiger partial charge on any atom is 0.287 e. The van der Waals surface area contributed by atoms with Crippen LogP contribution in [0.15, 0.2) is 16.5 Å². The summed E-state index contributed by atoms with van der Waals surface area (Å²) in [5.41, 5.74) is 3.80. The normalized spacial score (nSPS) is 12.6. The van der Waals surface area contributed by atoms with E-state index in [-0.39, 0.29) is 18.6 Å². The Labute approximate surface area is 125 Å². The number of amides is 1. The Kier molecular flexibility index (Phi) is 4.68. The molecule has 2 rings (SSSR count). The molecular formula is C17H23NO3. The SMILES string of the molecule is CCC(CCO)NC(=O)c1oc2c(C)ccc(C)c2c1C. The van der Waals surface area contributed by atoms with Crippen molar-refractivity contribution in [3.63, 3.8) is 0 Å². The number of nitrogens with one attached hydrogen (secondary N) is 1. The van der Waals surface area contributed by atoms with Crippen LogP contribution in [0.25, 0.3) is 11.0 Å². The predicted octanol–water partition coefficient (Wildman–Crippen LogP) is 3.25. The van der Waals surface area contributed by atoms with Crippen molar-refractivity contribution in [3.8, 4) is 0 Å². The van der Waals surface area contributed by atoms with Gasteiger partial charge in [0.25, 0.3) is 5.91 Å². The number of aliphatic hydroxyl groups is 1. The molecule has 0 aliphatic heterocycles. The van der Waals surface area contributed by atoms with Crippen LogP contribution in [0.5, 0.6) is 0 Å². The molecule has 4 nitrogen and oxygen atoms in total. The van der Waals surface area contributed by atoms with E-state index >= 15 is 0 Å². The van der Waals surface area contributed by atoms with Gasteiger partial charge in [-0.25, -0.2) is 0 Å². The molecule has 0 saturated heterocycles. The molecule has 1 amide bonds. The first-order valence-corrected chi connectivity index (χ1v) is 7.40. The number of fused-ring (bicyclic) bond motifs is 1. The Bertz CT molecular complexity index is 658. The average molecular weight is 289 g/mol. The Morgan fingerprint density at radius 2 is 1.95 bits per heavy atom. The van der Waals surface area contributed by atoms with Gasteiger partial charge < -0.3 is 14.8 Å². The first kappa shape index (κ1) is 15.6. The van der Waals surface area contributed by atoms with E-state index in [0.29, 0.717) is 12.2 Å². The zero-order valence-corrected chi connectivity index (χ0v) is 13.1. The molecule has 1 aromatic heterocycles. The third kappa shape index (κ3) is 2.95. The molecule has 114 valence electrons. The summed E-state index contributed by atoms with van der Waals surface area (Å²) < 4.78 is 5.82. The van der Waals surface area contributed by atoms with Gasteiger partial charge in [0, 0.05) is 23.6 Å². The molecule has 2 aromatic rings. The number of benzene rings is 1. The minimum absolute atomic E-state index is 0.0303. The zero-order valence-electron chi connectivity index (χ0n) is 13.1. The molecular weight excluding hydrogens is 266 g/mol. The largest absolute Gasteiger partial charge is 0.450 e. The van der Waals surface area contributed by atoms with Gasteiger partial charge in [0.05, 0.1) is 0 Å². The van der Waals surface area contributed by atoms with Crippen molar-refractivity contribution in [2.24, 2.45) is 0 Å². The number of hydrogen-bond acceptors (Lipinski definition) is 3. The molecule has 4 heteroatoms. The summed E-state index contributed by atoms with van der Waals surface area (Å²) in [6, 6.07) is 4.02. The van der Waals surface area contributed by atoms with Crippen molar-refractivity contribution in [1.82, 2.24) is 5.32 Å². The van der Waals surface area contributed by atoms with Crippen molar-refractivity contribution in [1.29, 1.82) is 0 Å². The van der Waals surface area contributed by atoms with Gasteiger partial charge in [0.2, 0.25) is 0 Å². The summed E-state index contributed by atoms with van der Waals surface area (Å²) in [4.78, 5) is 12.4. The zero-order chi connectivity index (χ0) is 15.6. The van der Waals surface area contributed by atoms with E-state index in [1.807, 2.05) is 39.8 Å². The van der Waals surface area contributed by atoms with E-state index in [0.717, 1.165) is 34.1 Å². The van der Waals surface area contributed by atoms with Gasteiger partial charge in [0.1, 0.15) is 5.58 Å². The summed E-state index contributed by atoms with van der Waals surface area (Å²) in [6.07, 6.45) is 1.34. The topological polar surface area (TPSA) is 62.5 Å². The third-order valence-electron chi connectivity index (χ3n) is 3.99. The maximum atomic E-state index is 12.4. The molecule has 2 N–H and O–H groups in total. The second kappa shape index (κ2) is 6.31. The number of aliphatic hydroxyl groups excluding tert-OH is 1. The molecule has 1 atom stereocenters. The van der Waals surface area contributed by atoms with Crippen molar-refractivity contribution in [2.45, 2.75) is 46.6 Å². The van der Waals surface area contributed by atoms with Crippen LogP contribution in [-0.4, -0.2) is 23.7 Å². The van der Waals surface area contributed by atoms with Gasteiger partial charge in [-0.3, -0.25) is 4.79 Å². The highest BCUT2D eigenvalue weighted by atomic mass is 16.3. The van der Waals surface area contributed by atoms with E-state index in [4.69, 9.17) is 9.52 Å². The van der Waals surface area contributed by atoms with Crippen LogP contribution in [0.4, 0.5) is 0 Å². The lowest BCUT2D eigenvalue weighted by Gasteiger charge is -2.14. The minimum Gasteiger partial charge on any atom is -0.450 e. The fraction of sp³-hybridized carbons (Fsp3) is 0.471. The molecule has 0 fully saturated rings. The highest BCUT2D eigenvalue weighted by Crippen LogP contribution is 2.30. The van der Waals surface area contributed by atoms with Crippen LogP contribution in [0.2, 0.25) is 0 Å². The van der Waals surface area contributed by atoms with Crippen molar-refractivity contribution in [3.05, 3.63) is 34.6 Å². The lowest BCUT2D eigenvalue weighted by atomic mass is 10.0. The third-order valence-corrected chi connectivity index (χ3v) is 3.99. The second-order valence-corrected chi connectivity index (χ2v) is 5.55. The minimum atomic E-state index is -0.206. The van der Waals surface area contributed by atoms with Gasteiger partial charge in [-0.2, -0.15) is 0 Å². The molecule has 1 heterocycles. The van der Waals surface area contributed by atoms with Crippen LogP contribution in [0, 0.1) is 20.8 Å². The van der Waals surface area contributed by atoms with Crippen LogP contribution >= 0.6 is 0 Å². The van der Waals surface area contributed by atoms with Crippen LogP contribution < -0.4 is 5.32 Å². The molecule has 1 aromatic carbocycles. The van der Waals surface area contributed by atoms with Crippen molar-refractivity contribution in [2.75, 3.05) is 6.61 Å². The molecule has 1 unspecified atom stereocenters. The molecule has 0 aliphatic carbocycles. The monoisotopic (exact) mass is 289 g/mol. The number of carbonyl (C=O) groups is 1. The first-order chi connectivity index (χ1) is 9.99. The van der Waals surface area contributed by atoms with Crippen LogP contribution in [0.1, 0.15) is 47.0 Å². The lowest BCUT2D eigenvalue weighted by Crippen LogP contribution is -2.35. The molecule has 0 saturated carbocycles. The molecule has 0 radical (unpaired) electrons. The number of aryl methyl sites for hydroxylation is 3. The van der Waals surface area contributed by atoms with Gasteiger partial charge in [0.15, 0.2) is 5.76 Å². The Morgan fingerprint density at radius 3 is 2.52 bits per heavy atom. The summed E-state index contributed by atoms with van der Waals surface area (Å²) in [7, 11) is 0. The van der Waals surface area contributed by atoms with Crippen LogP contribution in [-0.2, 0) is 0 Å². The summed E-state index contributed by atoms with van der Waals surface area (Å²) in [6.45, 7) is 7.97. The molecule has 0 bridgehead atoms. The van der Waals surface area contributed by atoms with E-state index < -0.39 is 0 Å². The highest BCUT2D eigenvalue weighted by Gasteiger charge is 2.21. The number of hydrogen-bond donors (Lipinski definition) is 2. The Hall–Kier alpha value is -1.81. The number of rotatable bonds is 5. The van der Waals surface area contributed by atoms with Crippen molar-refractivity contribution < 1.29 is 14.3 Å². The maximum absolute atomic E-state index is 12.4. The first-order valence-electron chi connectivity index (χ1n) is 7.40. The van der Waals surface area contributed by atoms with E-state index in [9.17, 15) is 4.79 Å². The van der Waals surface area contributed by atoms with Gasteiger partial charge in [-0.15, -0.1) is 0 Å². The van der Waals surface area contributed by atoms with E-state index in [1.54, 1.807) is 0 Å². The quantitative estimate of drug-likeness (QED) is 0.888. The van der Waals surface area contributed by atoms with Gasteiger partial charge in [-0.05, 0) is 44.7 Å². The fourth-order valence-electron chi connectivity index (χ4n) is 2.68. The fourth-order valence-corrected chi connectivity index (χ4v) is 2.68. The lowest BCUT2D eigenvalue weighted by molar-refractivity contribution is 0.0902. The van der Waals surface area contributed by atoms with E-state index in [1.165, 1.54) is 0 Å². The van der Waals surface area contributed by atoms with Crippen molar-refractivity contribution >= 4 is 16.9 Å². The van der Waals surface area contributed by atoms with Gasteiger partial charge in [-0.1, -0.05) is 19.1 Å². The summed E-state index contributed by atoms with van der Waals surface area (Å²) in [5.74, 6) is 0.168. The average Bonchev–Trinajstić information content (AvgIpc) is 2.81. The predicted molar refractivity (Wildman–Crippen MR) is 83.7 cm³/mol. The summed E-state index contributed by atoms with van der Waals surface area (Å²) >= 11 is 0. The number of furan rings is 1. The highest BCUT2D eigenvalue weighted by molar-refractivity contribution is 6.00. The second-order valence-electron chi connectivity index (χ2n) is 5.55. The molecule has 0 aliphatic rings. The Morgan fingerprint density at radius 1 is 1.29 bits per heavy atom. The van der Waals surface area contributed by atoms with Crippen LogP contribution in [0.3, 0.4) is 0 Å². The molecule has 21 heavy (non-hydrogen) atoms. The summed E-state index contributed by atoms with van der Waals surface area (Å²) in [5, 5.41) is 13.0.